The number of rotatable bonds is 5. The summed E-state index contributed by atoms with van der Waals surface area (Å²) in [7, 11) is -3.47. The molecule has 1 aliphatic rings. The molecule has 0 saturated carbocycles. The van der Waals surface area contributed by atoms with Crippen molar-refractivity contribution in [2.75, 3.05) is 19.6 Å². The van der Waals surface area contributed by atoms with E-state index in [0.29, 0.717) is 24.5 Å². The van der Waals surface area contributed by atoms with E-state index in [-0.39, 0.29) is 24.2 Å². The molecule has 0 radical (unpaired) electrons. The Hall–Kier alpha value is -1.40. The summed E-state index contributed by atoms with van der Waals surface area (Å²) in [5.41, 5.74) is 8.22. The number of nitrogens with zero attached hydrogens (tertiary/aromatic N) is 1. The Bertz CT molecular complexity index is 779. The van der Waals surface area contributed by atoms with E-state index < -0.39 is 10.0 Å². The predicted octanol–water partition coefficient (Wildman–Crippen LogP) is 3.03. The minimum Gasteiger partial charge on any atom is -0.330 e. The summed E-state index contributed by atoms with van der Waals surface area (Å²) < 4.78 is 27.5. The van der Waals surface area contributed by atoms with E-state index in [1.807, 2.05) is 30.3 Å². The quantitative estimate of drug-likeness (QED) is 0.867. The highest BCUT2D eigenvalue weighted by Crippen LogP contribution is 2.35. The minimum atomic E-state index is -3.47. The molecule has 1 fully saturated rings. The van der Waals surface area contributed by atoms with Crippen LogP contribution in [0.5, 0.6) is 0 Å². The van der Waals surface area contributed by atoms with Crippen LogP contribution in [0.15, 0.2) is 59.5 Å². The van der Waals surface area contributed by atoms with Crippen LogP contribution in [0.25, 0.3) is 0 Å². The monoisotopic (exact) mass is 380 g/mol. The topological polar surface area (TPSA) is 63.4 Å². The van der Waals surface area contributed by atoms with Gasteiger partial charge < -0.3 is 5.73 Å². The summed E-state index contributed by atoms with van der Waals surface area (Å²) in [5, 5.41) is 0. The van der Waals surface area contributed by atoms with Crippen molar-refractivity contribution in [1.82, 2.24) is 4.31 Å². The molecule has 0 aromatic heterocycles. The highest BCUT2D eigenvalue weighted by Gasteiger charge is 2.39. The van der Waals surface area contributed by atoms with Crippen molar-refractivity contribution in [3.63, 3.8) is 0 Å². The summed E-state index contributed by atoms with van der Waals surface area (Å²) >= 11 is 0. The number of benzene rings is 2. The summed E-state index contributed by atoms with van der Waals surface area (Å²) in [6.07, 6.45) is 0.898. The first-order valence-electron chi connectivity index (χ1n) is 8.40. The first-order valence-corrected chi connectivity index (χ1v) is 9.84. The normalized spacial score (nSPS) is 21.0. The van der Waals surface area contributed by atoms with Crippen LogP contribution in [0.3, 0.4) is 0 Å². The van der Waals surface area contributed by atoms with Gasteiger partial charge in [-0.25, -0.2) is 8.42 Å². The van der Waals surface area contributed by atoms with Crippen LogP contribution in [0.4, 0.5) is 0 Å². The van der Waals surface area contributed by atoms with Gasteiger partial charge in [0.2, 0.25) is 10.0 Å². The largest absolute Gasteiger partial charge is 0.330 e. The fourth-order valence-electron chi connectivity index (χ4n) is 3.39. The van der Waals surface area contributed by atoms with E-state index in [9.17, 15) is 8.42 Å². The number of nitrogens with two attached hydrogens (primary N) is 1. The maximum atomic E-state index is 13.0. The third-order valence-electron chi connectivity index (χ3n) is 4.91. The van der Waals surface area contributed by atoms with Gasteiger partial charge in [-0.3, -0.25) is 0 Å². The molecule has 0 bridgehead atoms. The summed E-state index contributed by atoms with van der Waals surface area (Å²) in [6.45, 7) is 3.51. The van der Waals surface area contributed by atoms with Gasteiger partial charge in [-0.05, 0) is 42.1 Å². The molecule has 1 aliphatic heterocycles. The van der Waals surface area contributed by atoms with Crippen molar-refractivity contribution >= 4 is 22.4 Å². The number of sulfonamides is 1. The maximum Gasteiger partial charge on any atom is 0.243 e. The Labute approximate surface area is 156 Å². The smallest absolute Gasteiger partial charge is 0.243 e. The Balaban J connectivity index is 0.00000225. The highest BCUT2D eigenvalue weighted by molar-refractivity contribution is 7.89. The van der Waals surface area contributed by atoms with Gasteiger partial charge in [0.15, 0.2) is 0 Å². The number of hydrogen-bond donors (Lipinski definition) is 1. The molecular formula is C19H25ClN2O2S. The first-order chi connectivity index (χ1) is 11.6. The lowest BCUT2D eigenvalue weighted by Crippen LogP contribution is -2.30. The van der Waals surface area contributed by atoms with Crippen LogP contribution in [-0.4, -0.2) is 32.4 Å². The lowest BCUT2D eigenvalue weighted by Gasteiger charge is -2.17. The van der Waals surface area contributed by atoms with Crippen LogP contribution >= 0.6 is 12.4 Å². The van der Waals surface area contributed by atoms with Gasteiger partial charge in [0.1, 0.15) is 0 Å². The minimum absolute atomic E-state index is 0. The van der Waals surface area contributed by atoms with Crippen molar-refractivity contribution in [2.24, 2.45) is 11.7 Å². The van der Waals surface area contributed by atoms with Gasteiger partial charge in [-0.1, -0.05) is 49.4 Å². The second kappa shape index (κ2) is 8.32. The zero-order chi connectivity index (χ0) is 17.2. The van der Waals surface area contributed by atoms with Gasteiger partial charge in [0.05, 0.1) is 4.90 Å². The summed E-state index contributed by atoms with van der Waals surface area (Å²) in [6, 6.07) is 17.3. The van der Waals surface area contributed by atoms with Gasteiger partial charge in [-0.15, -0.1) is 12.4 Å². The van der Waals surface area contributed by atoms with Crippen LogP contribution < -0.4 is 5.73 Å². The van der Waals surface area contributed by atoms with E-state index in [2.05, 4.69) is 19.1 Å². The molecule has 1 saturated heterocycles. The molecule has 3 rings (SSSR count). The second-order valence-corrected chi connectivity index (χ2v) is 8.27. The molecule has 6 heteroatoms. The molecule has 136 valence electrons. The van der Waals surface area contributed by atoms with Crippen LogP contribution in [-0.2, 0) is 16.4 Å². The molecule has 25 heavy (non-hydrogen) atoms. The standard InChI is InChI=1S/C19H24N2O2S.ClH/c1-2-15-8-10-18(11-9-15)24(22,23)21-13-17(12-20)19(14-21)16-6-4-3-5-7-16;/h3-11,17,19H,2,12-14,20H2,1H3;1H/t17-,19+;/m1./s1. The van der Waals surface area contributed by atoms with Gasteiger partial charge >= 0.3 is 0 Å². The number of halogens is 1. The second-order valence-electron chi connectivity index (χ2n) is 6.33. The van der Waals surface area contributed by atoms with E-state index >= 15 is 0 Å². The molecule has 0 spiro atoms. The predicted molar refractivity (Wildman–Crippen MR) is 104 cm³/mol. The first kappa shape index (κ1) is 19.9. The average Bonchev–Trinajstić information content (AvgIpc) is 3.08. The third kappa shape index (κ3) is 4.06. The average molecular weight is 381 g/mol. The summed E-state index contributed by atoms with van der Waals surface area (Å²) in [5.74, 6) is 0.304. The lowest BCUT2D eigenvalue weighted by atomic mass is 9.89. The zero-order valence-electron chi connectivity index (χ0n) is 14.3. The van der Waals surface area contributed by atoms with Crippen LogP contribution in [0.1, 0.15) is 24.0 Å². The fourth-order valence-corrected chi connectivity index (χ4v) is 4.91. The fraction of sp³-hybridized carbons (Fsp3) is 0.368. The van der Waals surface area contributed by atoms with E-state index in [1.165, 1.54) is 0 Å². The Morgan fingerprint density at radius 1 is 1.04 bits per heavy atom. The van der Waals surface area contributed by atoms with E-state index in [4.69, 9.17) is 5.73 Å². The van der Waals surface area contributed by atoms with Crippen molar-refractivity contribution in [2.45, 2.75) is 24.2 Å². The highest BCUT2D eigenvalue weighted by atomic mass is 35.5. The Kier molecular flexibility index (Phi) is 6.63. The molecule has 2 aromatic rings. The molecule has 2 aromatic carbocycles. The van der Waals surface area contributed by atoms with Crippen LogP contribution in [0, 0.1) is 5.92 Å². The molecule has 1 heterocycles. The van der Waals surface area contributed by atoms with Gasteiger partial charge in [0.25, 0.3) is 0 Å². The Morgan fingerprint density at radius 3 is 2.24 bits per heavy atom. The third-order valence-corrected chi connectivity index (χ3v) is 6.75. The van der Waals surface area contributed by atoms with E-state index in [1.54, 1.807) is 16.4 Å². The molecule has 0 aliphatic carbocycles. The van der Waals surface area contributed by atoms with E-state index in [0.717, 1.165) is 17.5 Å². The molecule has 2 N–H and O–H groups in total. The summed E-state index contributed by atoms with van der Waals surface area (Å²) in [4.78, 5) is 0.365. The van der Waals surface area contributed by atoms with Crippen molar-refractivity contribution in [3.8, 4) is 0 Å². The molecule has 2 atom stereocenters. The zero-order valence-corrected chi connectivity index (χ0v) is 16.0. The van der Waals surface area contributed by atoms with Crippen molar-refractivity contribution in [3.05, 3.63) is 65.7 Å². The van der Waals surface area contributed by atoms with Gasteiger partial charge in [0, 0.05) is 19.0 Å². The SMILES string of the molecule is CCc1ccc(S(=O)(=O)N2C[C@@H](CN)[C@H](c3ccccc3)C2)cc1.Cl. The number of aryl methyl sites for hydroxylation is 1. The van der Waals surface area contributed by atoms with Crippen molar-refractivity contribution in [1.29, 1.82) is 0 Å². The molecule has 0 unspecified atom stereocenters. The lowest BCUT2D eigenvalue weighted by molar-refractivity contribution is 0.459. The molecule has 4 nitrogen and oxygen atoms in total. The maximum absolute atomic E-state index is 13.0. The van der Waals surface area contributed by atoms with Crippen LogP contribution in [0.2, 0.25) is 0 Å². The number of hydrogen-bond acceptors (Lipinski definition) is 3. The molecular weight excluding hydrogens is 356 g/mol. The Morgan fingerprint density at radius 2 is 1.68 bits per heavy atom. The molecule has 0 amide bonds. The van der Waals surface area contributed by atoms with Crippen molar-refractivity contribution < 1.29 is 8.42 Å². The van der Waals surface area contributed by atoms with Gasteiger partial charge in [-0.2, -0.15) is 4.31 Å².